The van der Waals surface area contributed by atoms with E-state index in [0.29, 0.717) is 5.92 Å². The molecule has 4 atom stereocenters. The quantitative estimate of drug-likeness (QED) is 0.765. The molecular formula is C12H19N5O2. The Labute approximate surface area is 111 Å². The number of fused-ring (bicyclic) bond motifs is 1. The summed E-state index contributed by atoms with van der Waals surface area (Å²) in [6.45, 7) is 1.02. The minimum Gasteiger partial charge on any atom is -0.376 e. The van der Waals surface area contributed by atoms with Crippen molar-refractivity contribution in [3.63, 3.8) is 0 Å². The second-order valence-electron chi connectivity index (χ2n) is 5.44. The van der Waals surface area contributed by atoms with Crippen molar-refractivity contribution < 1.29 is 9.53 Å². The second kappa shape index (κ2) is 4.90. The predicted octanol–water partition coefficient (Wildman–Crippen LogP) is -0.888. The maximum atomic E-state index is 12.0. The van der Waals surface area contributed by atoms with E-state index in [0.717, 1.165) is 13.0 Å². The number of hydrogen-bond donors (Lipinski definition) is 1. The third kappa shape index (κ3) is 2.23. The first kappa shape index (κ1) is 12.6. The number of carbonyl (C=O) groups is 1. The van der Waals surface area contributed by atoms with Gasteiger partial charge < -0.3 is 15.0 Å². The zero-order valence-corrected chi connectivity index (χ0v) is 11.2. The maximum Gasteiger partial charge on any atom is 0.242 e. The molecule has 0 bridgehead atoms. The van der Waals surface area contributed by atoms with Gasteiger partial charge in [-0.1, -0.05) is 5.21 Å². The van der Waals surface area contributed by atoms with Crippen LogP contribution in [0.15, 0.2) is 12.4 Å². The average Bonchev–Trinajstić information content (AvgIpc) is 2.95. The summed E-state index contributed by atoms with van der Waals surface area (Å²) in [5.74, 6) is 0.430. The van der Waals surface area contributed by atoms with E-state index >= 15 is 0 Å². The van der Waals surface area contributed by atoms with Gasteiger partial charge in [0.2, 0.25) is 5.91 Å². The minimum absolute atomic E-state index is 0.0206. The van der Waals surface area contributed by atoms with Crippen LogP contribution in [0.25, 0.3) is 0 Å². The molecule has 1 amide bonds. The molecule has 7 heteroatoms. The third-order valence-corrected chi connectivity index (χ3v) is 4.05. The molecule has 0 aromatic carbocycles. The lowest BCUT2D eigenvalue weighted by Crippen LogP contribution is -2.69. The molecule has 104 valence electrons. The van der Waals surface area contributed by atoms with Crippen molar-refractivity contribution in [2.75, 3.05) is 20.7 Å². The predicted molar refractivity (Wildman–Crippen MR) is 67.3 cm³/mol. The van der Waals surface area contributed by atoms with E-state index in [1.165, 1.54) is 4.68 Å². The number of aromatic nitrogens is 3. The van der Waals surface area contributed by atoms with Crippen LogP contribution in [0.2, 0.25) is 0 Å². The van der Waals surface area contributed by atoms with E-state index in [-0.39, 0.29) is 30.6 Å². The van der Waals surface area contributed by atoms with Gasteiger partial charge in [-0.25, -0.2) is 4.68 Å². The number of carbonyl (C=O) groups excluding carboxylic acids is 1. The zero-order valence-electron chi connectivity index (χ0n) is 11.2. The fourth-order valence-corrected chi connectivity index (χ4v) is 3.18. The number of hydrogen-bond acceptors (Lipinski definition) is 5. The van der Waals surface area contributed by atoms with Crippen LogP contribution < -0.4 is 5.32 Å². The summed E-state index contributed by atoms with van der Waals surface area (Å²) in [7, 11) is 4.05. The van der Waals surface area contributed by atoms with Gasteiger partial charge in [-0.15, -0.1) is 5.10 Å². The first-order valence-electron chi connectivity index (χ1n) is 6.58. The lowest BCUT2D eigenvalue weighted by Gasteiger charge is -2.50. The van der Waals surface area contributed by atoms with Crippen molar-refractivity contribution in [1.29, 1.82) is 0 Å². The van der Waals surface area contributed by atoms with Gasteiger partial charge in [-0.3, -0.25) is 4.79 Å². The Morgan fingerprint density at radius 2 is 2.42 bits per heavy atom. The molecule has 1 aliphatic heterocycles. The normalized spacial score (nSPS) is 33.0. The Morgan fingerprint density at radius 1 is 1.58 bits per heavy atom. The molecule has 3 rings (SSSR count). The van der Waals surface area contributed by atoms with E-state index in [1.54, 1.807) is 12.4 Å². The van der Waals surface area contributed by atoms with Crippen LogP contribution in [0.3, 0.4) is 0 Å². The van der Waals surface area contributed by atoms with Gasteiger partial charge in [-0.2, -0.15) is 0 Å². The van der Waals surface area contributed by atoms with Crippen molar-refractivity contribution in [3.8, 4) is 0 Å². The van der Waals surface area contributed by atoms with Crippen LogP contribution in [-0.2, 0) is 16.1 Å². The molecule has 1 aromatic heterocycles. The summed E-state index contributed by atoms with van der Waals surface area (Å²) >= 11 is 0. The van der Waals surface area contributed by atoms with E-state index in [2.05, 4.69) is 20.5 Å². The smallest absolute Gasteiger partial charge is 0.242 e. The topological polar surface area (TPSA) is 72.3 Å². The third-order valence-electron chi connectivity index (χ3n) is 4.05. The molecule has 2 fully saturated rings. The second-order valence-corrected chi connectivity index (χ2v) is 5.44. The van der Waals surface area contributed by atoms with Crippen molar-refractivity contribution in [3.05, 3.63) is 12.4 Å². The van der Waals surface area contributed by atoms with E-state index in [4.69, 9.17) is 4.74 Å². The number of amides is 1. The molecule has 1 aliphatic carbocycles. The molecule has 0 unspecified atom stereocenters. The summed E-state index contributed by atoms with van der Waals surface area (Å²) in [5.41, 5.74) is 0. The number of rotatable bonds is 4. The van der Waals surface area contributed by atoms with E-state index in [9.17, 15) is 4.79 Å². The first-order chi connectivity index (χ1) is 9.16. The largest absolute Gasteiger partial charge is 0.376 e. The molecule has 2 aliphatic rings. The van der Waals surface area contributed by atoms with Crippen LogP contribution in [-0.4, -0.2) is 64.7 Å². The maximum absolute atomic E-state index is 12.0. The molecule has 1 N–H and O–H groups in total. The van der Waals surface area contributed by atoms with Crippen LogP contribution in [0.4, 0.5) is 0 Å². The molecule has 2 heterocycles. The number of nitrogens with zero attached hydrogens (tertiary/aromatic N) is 4. The molecule has 19 heavy (non-hydrogen) atoms. The minimum atomic E-state index is -0.0206. The molecule has 1 saturated carbocycles. The molecule has 1 aromatic rings. The fraction of sp³-hybridized carbons (Fsp3) is 0.750. The fourth-order valence-electron chi connectivity index (χ4n) is 3.18. The van der Waals surface area contributed by atoms with Gasteiger partial charge in [-0.05, 0) is 20.5 Å². The lowest BCUT2D eigenvalue weighted by molar-refractivity contribution is -0.128. The number of ether oxygens (including phenoxy) is 1. The Bertz CT molecular complexity index is 447. The highest BCUT2D eigenvalue weighted by atomic mass is 16.5. The summed E-state index contributed by atoms with van der Waals surface area (Å²) in [6, 6.07) is 0.450. The van der Waals surface area contributed by atoms with Crippen molar-refractivity contribution in [2.45, 2.75) is 31.2 Å². The highest BCUT2D eigenvalue weighted by Crippen LogP contribution is 2.41. The Balaban J connectivity index is 1.60. The lowest BCUT2D eigenvalue weighted by atomic mass is 9.71. The summed E-state index contributed by atoms with van der Waals surface area (Å²) in [6.07, 6.45) is 4.56. The summed E-state index contributed by atoms with van der Waals surface area (Å²) in [4.78, 5) is 14.1. The van der Waals surface area contributed by atoms with Crippen molar-refractivity contribution >= 4 is 5.91 Å². The Morgan fingerprint density at radius 3 is 3.11 bits per heavy atom. The van der Waals surface area contributed by atoms with Gasteiger partial charge in [0.15, 0.2) is 0 Å². The highest BCUT2D eigenvalue weighted by molar-refractivity contribution is 5.76. The zero-order chi connectivity index (χ0) is 13.4. The van der Waals surface area contributed by atoms with Gasteiger partial charge in [0.25, 0.3) is 0 Å². The van der Waals surface area contributed by atoms with Gasteiger partial charge in [0, 0.05) is 18.7 Å². The number of likely N-dealkylation sites (N-methyl/N-ethyl adjacent to an activating group) is 1. The van der Waals surface area contributed by atoms with Crippen LogP contribution in [0, 0.1) is 5.92 Å². The van der Waals surface area contributed by atoms with Gasteiger partial charge in [0.1, 0.15) is 6.54 Å². The SMILES string of the molecule is CN(C)[C@@H]1[C@@H](NC(=O)Cn2ccnn2)[C@H]2CCO[C@H]21. The van der Waals surface area contributed by atoms with Crippen LogP contribution in [0.5, 0.6) is 0 Å². The van der Waals surface area contributed by atoms with E-state index < -0.39 is 0 Å². The van der Waals surface area contributed by atoms with Crippen LogP contribution in [0.1, 0.15) is 6.42 Å². The van der Waals surface area contributed by atoms with Crippen molar-refractivity contribution in [2.24, 2.45) is 5.92 Å². The first-order valence-corrected chi connectivity index (χ1v) is 6.58. The molecular weight excluding hydrogens is 246 g/mol. The number of nitrogens with one attached hydrogen (secondary N) is 1. The van der Waals surface area contributed by atoms with Crippen molar-refractivity contribution in [1.82, 2.24) is 25.2 Å². The summed E-state index contributed by atoms with van der Waals surface area (Å²) < 4.78 is 7.25. The van der Waals surface area contributed by atoms with Gasteiger partial charge in [0.05, 0.1) is 24.4 Å². The molecule has 0 radical (unpaired) electrons. The standard InChI is InChI=1S/C12H19N5O2/c1-16(2)11-10(8-3-6-19-12(8)11)14-9(18)7-17-5-4-13-15-17/h4-5,8,10-12H,3,6-7H2,1-2H3,(H,14,18)/t8-,10+,11-,12-/m1/s1. The van der Waals surface area contributed by atoms with Crippen LogP contribution >= 0.6 is 0 Å². The highest BCUT2D eigenvalue weighted by Gasteiger charge is 2.55. The Hall–Kier alpha value is -1.47. The monoisotopic (exact) mass is 265 g/mol. The average molecular weight is 265 g/mol. The molecule has 0 spiro atoms. The molecule has 7 nitrogen and oxygen atoms in total. The Kier molecular flexibility index (Phi) is 3.24. The van der Waals surface area contributed by atoms with E-state index in [1.807, 2.05) is 14.1 Å². The van der Waals surface area contributed by atoms with Gasteiger partial charge >= 0.3 is 0 Å². The summed E-state index contributed by atoms with van der Waals surface area (Å²) in [5, 5.41) is 10.6. The molecule has 1 saturated heterocycles.